The third kappa shape index (κ3) is 2.90. The second-order valence-electron chi connectivity index (χ2n) is 4.20. The van der Waals surface area contributed by atoms with Crippen LogP contribution in [0.15, 0.2) is 29.8 Å². The lowest BCUT2D eigenvalue weighted by molar-refractivity contribution is 0.514. The molecule has 80 valence electrons. The van der Waals surface area contributed by atoms with Crippen LogP contribution in [0.4, 0.5) is 4.39 Å². The highest BCUT2D eigenvalue weighted by atomic mass is 19.1. The molecule has 2 rings (SSSR count). The van der Waals surface area contributed by atoms with Crippen LogP contribution in [0.2, 0.25) is 0 Å². The molecule has 0 radical (unpaired) electrons. The van der Waals surface area contributed by atoms with Gasteiger partial charge in [0.25, 0.3) is 0 Å². The Balaban J connectivity index is 2.10. The summed E-state index contributed by atoms with van der Waals surface area (Å²) in [6.45, 7) is 0. The number of benzene rings is 1. The summed E-state index contributed by atoms with van der Waals surface area (Å²) in [5.74, 6) is -0.170. The topological polar surface area (TPSA) is 26.0 Å². The third-order valence-corrected chi connectivity index (χ3v) is 2.89. The zero-order chi connectivity index (χ0) is 10.7. The maximum absolute atomic E-state index is 12.9. The van der Waals surface area contributed by atoms with Crippen molar-refractivity contribution >= 4 is 6.08 Å². The van der Waals surface area contributed by atoms with Gasteiger partial charge in [-0.25, -0.2) is 4.39 Å². The number of nitrogens with two attached hydrogens (primary N) is 1. The molecule has 0 atom stereocenters. The standard InChI is InChI=1S/C13H16FN/c14-12-3-1-2-11(9-12)8-10-4-6-13(15)7-5-10/h1-3,8-9,13H,4-7,15H2. The molecule has 1 fully saturated rings. The van der Waals surface area contributed by atoms with Crippen molar-refractivity contribution in [2.24, 2.45) is 5.73 Å². The van der Waals surface area contributed by atoms with Gasteiger partial charge in [0.15, 0.2) is 0 Å². The van der Waals surface area contributed by atoms with Crippen LogP contribution in [0.1, 0.15) is 31.2 Å². The van der Waals surface area contributed by atoms with Crippen LogP contribution in [-0.2, 0) is 0 Å². The van der Waals surface area contributed by atoms with Crippen LogP contribution in [0, 0.1) is 5.82 Å². The van der Waals surface area contributed by atoms with Crippen LogP contribution in [-0.4, -0.2) is 6.04 Å². The zero-order valence-electron chi connectivity index (χ0n) is 8.75. The van der Waals surface area contributed by atoms with E-state index in [1.165, 1.54) is 11.6 Å². The molecule has 0 aliphatic heterocycles. The molecule has 1 nitrogen and oxygen atoms in total. The lowest BCUT2D eigenvalue weighted by Crippen LogP contribution is -2.23. The van der Waals surface area contributed by atoms with Gasteiger partial charge >= 0.3 is 0 Å². The Bertz CT molecular complexity index is 361. The van der Waals surface area contributed by atoms with Crippen molar-refractivity contribution in [1.82, 2.24) is 0 Å². The fourth-order valence-corrected chi connectivity index (χ4v) is 1.99. The summed E-state index contributed by atoms with van der Waals surface area (Å²) >= 11 is 0. The largest absolute Gasteiger partial charge is 0.328 e. The minimum atomic E-state index is -0.170. The second-order valence-corrected chi connectivity index (χ2v) is 4.20. The summed E-state index contributed by atoms with van der Waals surface area (Å²) in [7, 11) is 0. The van der Waals surface area contributed by atoms with Gasteiger partial charge in [-0.05, 0) is 43.4 Å². The van der Waals surface area contributed by atoms with E-state index < -0.39 is 0 Å². The summed E-state index contributed by atoms with van der Waals surface area (Å²) in [6.07, 6.45) is 6.31. The van der Waals surface area contributed by atoms with Crippen molar-refractivity contribution in [3.63, 3.8) is 0 Å². The third-order valence-electron chi connectivity index (χ3n) is 2.89. The van der Waals surface area contributed by atoms with Crippen LogP contribution in [0.5, 0.6) is 0 Å². The van der Waals surface area contributed by atoms with Gasteiger partial charge < -0.3 is 5.73 Å². The fourth-order valence-electron chi connectivity index (χ4n) is 1.99. The molecule has 2 heteroatoms. The predicted molar refractivity (Wildman–Crippen MR) is 60.8 cm³/mol. The Labute approximate surface area is 89.8 Å². The lowest BCUT2D eigenvalue weighted by Gasteiger charge is -2.20. The van der Waals surface area contributed by atoms with Crippen molar-refractivity contribution in [3.8, 4) is 0 Å². The van der Waals surface area contributed by atoms with Gasteiger partial charge in [-0.3, -0.25) is 0 Å². The minimum Gasteiger partial charge on any atom is -0.328 e. The Morgan fingerprint density at radius 2 is 2.00 bits per heavy atom. The normalized spacial score (nSPS) is 21.5. The van der Waals surface area contributed by atoms with E-state index >= 15 is 0 Å². The summed E-state index contributed by atoms with van der Waals surface area (Å²) in [6, 6.07) is 7.08. The molecule has 0 saturated heterocycles. The van der Waals surface area contributed by atoms with Gasteiger partial charge in [-0.15, -0.1) is 0 Å². The average Bonchev–Trinajstić information content (AvgIpc) is 2.22. The van der Waals surface area contributed by atoms with Crippen LogP contribution < -0.4 is 5.73 Å². The maximum atomic E-state index is 12.9. The van der Waals surface area contributed by atoms with E-state index in [4.69, 9.17) is 5.73 Å². The van der Waals surface area contributed by atoms with Gasteiger partial charge in [0.05, 0.1) is 0 Å². The highest BCUT2D eigenvalue weighted by Gasteiger charge is 2.12. The SMILES string of the molecule is NC1CCC(=Cc2cccc(F)c2)CC1. The molecule has 0 amide bonds. The molecular formula is C13H16FN. The monoisotopic (exact) mass is 205 g/mol. The molecule has 0 heterocycles. The van der Waals surface area contributed by atoms with Crippen molar-refractivity contribution in [2.45, 2.75) is 31.7 Å². The maximum Gasteiger partial charge on any atom is 0.123 e. The molecule has 1 aliphatic rings. The molecule has 1 saturated carbocycles. The fraction of sp³-hybridized carbons (Fsp3) is 0.385. The molecule has 0 spiro atoms. The zero-order valence-corrected chi connectivity index (χ0v) is 8.75. The predicted octanol–water partition coefficient (Wildman–Crippen LogP) is 3.11. The number of hydrogen-bond donors (Lipinski definition) is 1. The average molecular weight is 205 g/mol. The van der Waals surface area contributed by atoms with E-state index in [0.717, 1.165) is 31.2 Å². The lowest BCUT2D eigenvalue weighted by atomic mass is 9.90. The molecule has 1 aromatic carbocycles. The van der Waals surface area contributed by atoms with Gasteiger partial charge in [-0.1, -0.05) is 23.8 Å². The van der Waals surface area contributed by atoms with E-state index in [2.05, 4.69) is 6.08 Å². The van der Waals surface area contributed by atoms with E-state index in [1.807, 2.05) is 6.07 Å². The summed E-state index contributed by atoms with van der Waals surface area (Å²) in [5.41, 5.74) is 8.18. The summed E-state index contributed by atoms with van der Waals surface area (Å²) in [4.78, 5) is 0. The second kappa shape index (κ2) is 4.58. The quantitative estimate of drug-likeness (QED) is 0.749. The number of allylic oxidation sites excluding steroid dienone is 1. The van der Waals surface area contributed by atoms with Crippen molar-refractivity contribution in [2.75, 3.05) is 0 Å². The molecule has 2 N–H and O–H groups in total. The van der Waals surface area contributed by atoms with Crippen molar-refractivity contribution in [1.29, 1.82) is 0 Å². The molecule has 0 unspecified atom stereocenters. The van der Waals surface area contributed by atoms with Crippen LogP contribution in [0.25, 0.3) is 6.08 Å². The Hall–Kier alpha value is -1.15. The number of halogens is 1. The van der Waals surface area contributed by atoms with Crippen LogP contribution in [0.3, 0.4) is 0 Å². The first-order valence-electron chi connectivity index (χ1n) is 5.44. The first-order valence-corrected chi connectivity index (χ1v) is 5.44. The molecule has 1 aromatic rings. The van der Waals surface area contributed by atoms with Gasteiger partial charge in [-0.2, -0.15) is 0 Å². The summed E-state index contributed by atoms with van der Waals surface area (Å²) in [5, 5.41) is 0. The van der Waals surface area contributed by atoms with E-state index in [9.17, 15) is 4.39 Å². The molecule has 0 aromatic heterocycles. The molecule has 1 aliphatic carbocycles. The summed E-state index contributed by atoms with van der Waals surface area (Å²) < 4.78 is 12.9. The van der Waals surface area contributed by atoms with Crippen molar-refractivity contribution in [3.05, 3.63) is 41.2 Å². The van der Waals surface area contributed by atoms with Crippen molar-refractivity contribution < 1.29 is 4.39 Å². The molecule has 15 heavy (non-hydrogen) atoms. The molecular weight excluding hydrogens is 189 g/mol. The smallest absolute Gasteiger partial charge is 0.123 e. The highest BCUT2D eigenvalue weighted by Crippen LogP contribution is 2.24. The minimum absolute atomic E-state index is 0.170. The van der Waals surface area contributed by atoms with Crippen LogP contribution >= 0.6 is 0 Å². The number of hydrogen-bond acceptors (Lipinski definition) is 1. The Kier molecular flexibility index (Phi) is 3.17. The van der Waals surface area contributed by atoms with Gasteiger partial charge in [0, 0.05) is 6.04 Å². The van der Waals surface area contributed by atoms with E-state index in [-0.39, 0.29) is 5.82 Å². The highest BCUT2D eigenvalue weighted by molar-refractivity contribution is 5.53. The van der Waals surface area contributed by atoms with Gasteiger partial charge in [0.1, 0.15) is 5.82 Å². The van der Waals surface area contributed by atoms with Gasteiger partial charge in [0.2, 0.25) is 0 Å². The first-order chi connectivity index (χ1) is 7.24. The van der Waals surface area contributed by atoms with E-state index in [0.29, 0.717) is 6.04 Å². The first kappa shape index (κ1) is 10.4. The molecule has 0 bridgehead atoms. The Morgan fingerprint density at radius 3 is 2.67 bits per heavy atom. The van der Waals surface area contributed by atoms with E-state index in [1.54, 1.807) is 12.1 Å². The number of rotatable bonds is 1. The Morgan fingerprint density at radius 1 is 1.27 bits per heavy atom.